The minimum atomic E-state index is -3.51. The van der Waals surface area contributed by atoms with Gasteiger partial charge in [0.05, 0.1) is 4.90 Å². The average Bonchev–Trinajstić information content (AvgIpc) is 2.94. The zero-order valence-corrected chi connectivity index (χ0v) is 12.2. The first-order valence-electron chi connectivity index (χ1n) is 6.09. The van der Waals surface area contributed by atoms with Gasteiger partial charge in [-0.05, 0) is 29.5 Å². The van der Waals surface area contributed by atoms with Crippen molar-refractivity contribution < 1.29 is 8.42 Å². The average molecular weight is 310 g/mol. The van der Waals surface area contributed by atoms with Crippen LogP contribution in [-0.4, -0.2) is 24.3 Å². The number of nitrogens with one attached hydrogen (secondary N) is 1. The van der Waals surface area contributed by atoms with Gasteiger partial charge in [-0.25, -0.2) is 19.2 Å². The smallest absolute Gasteiger partial charge is 0.243 e. The molecule has 0 fully saturated rings. The van der Waals surface area contributed by atoms with E-state index in [2.05, 4.69) is 10.4 Å². The van der Waals surface area contributed by atoms with Crippen molar-refractivity contribution >= 4 is 27.2 Å². The molecule has 0 atom stereocenters. The Hall–Kier alpha value is -1.48. The van der Waals surface area contributed by atoms with Gasteiger partial charge in [0, 0.05) is 30.2 Å². The van der Waals surface area contributed by atoms with Crippen molar-refractivity contribution in [2.45, 2.75) is 17.9 Å². The third-order valence-electron chi connectivity index (χ3n) is 3.29. The molecule has 0 unspecified atom stereocenters. The van der Waals surface area contributed by atoms with E-state index in [-0.39, 0.29) is 4.90 Å². The highest BCUT2D eigenvalue weighted by Crippen LogP contribution is 2.28. The molecule has 0 amide bonds. The van der Waals surface area contributed by atoms with Gasteiger partial charge in [0.2, 0.25) is 10.0 Å². The van der Waals surface area contributed by atoms with Crippen LogP contribution in [-0.2, 0) is 23.0 Å². The second-order valence-electron chi connectivity index (χ2n) is 4.48. The van der Waals surface area contributed by atoms with Gasteiger partial charge in [0.1, 0.15) is 5.82 Å². The summed E-state index contributed by atoms with van der Waals surface area (Å²) in [5.41, 5.74) is 3.46. The number of sulfonamides is 1. The van der Waals surface area contributed by atoms with Crippen LogP contribution in [0.3, 0.4) is 0 Å². The van der Waals surface area contributed by atoms with Gasteiger partial charge in [-0.2, -0.15) is 4.31 Å². The van der Waals surface area contributed by atoms with Gasteiger partial charge in [-0.15, -0.1) is 11.3 Å². The Morgan fingerprint density at radius 3 is 3.05 bits per heavy atom. The first-order valence-corrected chi connectivity index (χ1v) is 8.41. The molecule has 0 aromatic carbocycles. The number of fused-ring (bicyclic) bond motifs is 1. The standard InChI is InChI=1S/C12H14N4O2S2/c13-15-12-7-10(1-4-14-12)20(17,18)16-5-2-11-9(8-16)3-6-19-11/h1,3-4,6-7H,2,5,8,13H2,(H,14,15). The molecule has 2 aromatic heterocycles. The van der Waals surface area contributed by atoms with E-state index in [0.29, 0.717) is 18.9 Å². The molecule has 0 spiro atoms. The van der Waals surface area contributed by atoms with Crippen molar-refractivity contribution in [3.8, 4) is 0 Å². The first-order chi connectivity index (χ1) is 9.61. The summed E-state index contributed by atoms with van der Waals surface area (Å²) >= 11 is 1.68. The molecule has 0 bridgehead atoms. The van der Waals surface area contributed by atoms with Crippen LogP contribution in [0.5, 0.6) is 0 Å². The summed E-state index contributed by atoms with van der Waals surface area (Å²) < 4.78 is 26.7. The summed E-state index contributed by atoms with van der Waals surface area (Å²) in [6.07, 6.45) is 2.20. The van der Waals surface area contributed by atoms with E-state index in [1.165, 1.54) is 27.5 Å². The van der Waals surface area contributed by atoms with Gasteiger partial charge in [0.25, 0.3) is 0 Å². The van der Waals surface area contributed by atoms with Crippen molar-refractivity contribution in [1.29, 1.82) is 0 Å². The Labute approximate surface area is 121 Å². The Kier molecular flexibility index (Phi) is 3.47. The van der Waals surface area contributed by atoms with E-state index >= 15 is 0 Å². The first kappa shape index (κ1) is 13.5. The molecule has 3 rings (SSSR count). The lowest BCUT2D eigenvalue weighted by atomic mass is 10.1. The highest BCUT2D eigenvalue weighted by Gasteiger charge is 2.29. The van der Waals surface area contributed by atoms with E-state index in [1.807, 2.05) is 11.4 Å². The third kappa shape index (κ3) is 2.31. The number of aromatic nitrogens is 1. The lowest BCUT2D eigenvalue weighted by Crippen LogP contribution is -2.35. The molecule has 1 aliphatic heterocycles. The van der Waals surface area contributed by atoms with Crippen LogP contribution in [0.15, 0.2) is 34.7 Å². The van der Waals surface area contributed by atoms with E-state index < -0.39 is 10.0 Å². The maximum atomic E-state index is 12.6. The molecule has 0 radical (unpaired) electrons. The van der Waals surface area contributed by atoms with Gasteiger partial charge in [-0.3, -0.25) is 0 Å². The van der Waals surface area contributed by atoms with Crippen LogP contribution >= 0.6 is 11.3 Å². The van der Waals surface area contributed by atoms with Gasteiger partial charge < -0.3 is 5.43 Å². The van der Waals surface area contributed by atoms with Crippen LogP contribution in [0, 0.1) is 0 Å². The Morgan fingerprint density at radius 2 is 2.25 bits per heavy atom. The molecular weight excluding hydrogens is 296 g/mol. The van der Waals surface area contributed by atoms with Gasteiger partial charge in [-0.1, -0.05) is 0 Å². The van der Waals surface area contributed by atoms with Crippen molar-refractivity contribution in [2.75, 3.05) is 12.0 Å². The van der Waals surface area contributed by atoms with Crippen molar-refractivity contribution in [3.63, 3.8) is 0 Å². The Balaban J connectivity index is 1.93. The molecule has 3 N–H and O–H groups in total. The lowest BCUT2D eigenvalue weighted by molar-refractivity contribution is 0.394. The number of nitrogen functional groups attached to an aromatic ring is 1. The highest BCUT2D eigenvalue weighted by atomic mass is 32.2. The minimum absolute atomic E-state index is 0.208. The van der Waals surface area contributed by atoms with Crippen molar-refractivity contribution in [1.82, 2.24) is 9.29 Å². The van der Waals surface area contributed by atoms with Crippen molar-refractivity contribution in [3.05, 3.63) is 40.2 Å². The van der Waals surface area contributed by atoms with E-state index in [1.54, 1.807) is 11.3 Å². The zero-order valence-electron chi connectivity index (χ0n) is 10.6. The number of hydrazine groups is 1. The van der Waals surface area contributed by atoms with Crippen LogP contribution in [0.2, 0.25) is 0 Å². The van der Waals surface area contributed by atoms with Crippen LogP contribution in [0.1, 0.15) is 10.4 Å². The van der Waals surface area contributed by atoms with Gasteiger partial charge >= 0.3 is 0 Å². The predicted octanol–water partition coefficient (Wildman–Crippen LogP) is 1.18. The summed E-state index contributed by atoms with van der Waals surface area (Å²) in [6.45, 7) is 0.929. The fourth-order valence-electron chi connectivity index (χ4n) is 2.23. The molecule has 6 nitrogen and oxygen atoms in total. The summed E-state index contributed by atoms with van der Waals surface area (Å²) in [7, 11) is -3.51. The molecule has 2 aromatic rings. The fraction of sp³-hybridized carbons (Fsp3) is 0.250. The largest absolute Gasteiger partial charge is 0.308 e. The summed E-state index contributed by atoms with van der Waals surface area (Å²) in [4.78, 5) is 5.41. The topological polar surface area (TPSA) is 88.3 Å². The van der Waals surface area contributed by atoms with E-state index in [0.717, 1.165) is 12.0 Å². The number of hydrogen-bond acceptors (Lipinski definition) is 6. The number of nitrogens with two attached hydrogens (primary N) is 1. The number of pyridine rings is 1. The van der Waals surface area contributed by atoms with Crippen molar-refractivity contribution in [2.24, 2.45) is 5.84 Å². The number of thiophene rings is 1. The maximum absolute atomic E-state index is 12.6. The number of rotatable bonds is 3. The molecule has 0 saturated heterocycles. The minimum Gasteiger partial charge on any atom is -0.308 e. The number of anilines is 1. The third-order valence-corrected chi connectivity index (χ3v) is 6.15. The SMILES string of the molecule is NNc1cc(S(=O)(=O)N2CCc3sccc3C2)ccn1. The molecule has 8 heteroatoms. The lowest BCUT2D eigenvalue weighted by Gasteiger charge is -2.26. The quantitative estimate of drug-likeness (QED) is 0.656. The molecule has 3 heterocycles. The molecule has 106 valence electrons. The van der Waals surface area contributed by atoms with E-state index in [9.17, 15) is 8.42 Å². The maximum Gasteiger partial charge on any atom is 0.243 e. The molecule has 1 aliphatic rings. The van der Waals surface area contributed by atoms with Crippen LogP contribution < -0.4 is 11.3 Å². The predicted molar refractivity (Wildman–Crippen MR) is 77.7 cm³/mol. The highest BCUT2D eigenvalue weighted by molar-refractivity contribution is 7.89. The fourth-order valence-corrected chi connectivity index (χ4v) is 4.55. The Morgan fingerprint density at radius 1 is 1.40 bits per heavy atom. The van der Waals surface area contributed by atoms with Crippen LogP contribution in [0.4, 0.5) is 5.82 Å². The van der Waals surface area contributed by atoms with Gasteiger partial charge in [0.15, 0.2) is 0 Å². The summed E-state index contributed by atoms with van der Waals surface area (Å²) in [5, 5.41) is 2.00. The monoisotopic (exact) mass is 310 g/mol. The number of hydrogen-bond donors (Lipinski definition) is 2. The summed E-state index contributed by atoms with van der Waals surface area (Å²) in [5.74, 6) is 5.60. The zero-order chi connectivity index (χ0) is 14.2. The summed E-state index contributed by atoms with van der Waals surface area (Å²) in [6, 6.07) is 4.92. The Bertz CT molecular complexity index is 727. The van der Waals surface area contributed by atoms with E-state index in [4.69, 9.17) is 5.84 Å². The van der Waals surface area contributed by atoms with Crippen LogP contribution in [0.25, 0.3) is 0 Å². The molecular formula is C12H14N4O2S2. The number of nitrogens with zero attached hydrogens (tertiary/aromatic N) is 2. The second kappa shape index (κ2) is 5.13. The molecule has 0 saturated carbocycles. The molecule has 20 heavy (non-hydrogen) atoms. The molecule has 0 aliphatic carbocycles. The normalized spacial score (nSPS) is 15.8. The second-order valence-corrected chi connectivity index (χ2v) is 7.42.